The first-order chi connectivity index (χ1) is 16.1. The molecule has 0 aromatic heterocycles. The molecular formula is C28H56N4O2. The van der Waals surface area contributed by atoms with E-state index in [0.717, 1.165) is 52.9 Å². The first-order valence-electron chi connectivity index (χ1n) is 14.3. The van der Waals surface area contributed by atoms with E-state index in [-0.39, 0.29) is 11.1 Å². The molecule has 0 radical (unpaired) electrons. The number of hydrogen-bond acceptors (Lipinski definition) is 6. The highest BCUT2D eigenvalue weighted by Gasteiger charge is 2.29. The summed E-state index contributed by atoms with van der Waals surface area (Å²) in [7, 11) is 0. The molecule has 0 bridgehead atoms. The van der Waals surface area contributed by atoms with Gasteiger partial charge >= 0.3 is 0 Å². The summed E-state index contributed by atoms with van der Waals surface area (Å²) in [5.41, 5.74) is 0.342. The summed E-state index contributed by atoms with van der Waals surface area (Å²) in [5, 5.41) is 0. The van der Waals surface area contributed by atoms with Gasteiger partial charge in [0.05, 0.1) is 26.7 Å². The minimum Gasteiger partial charge on any atom is -0.365 e. The van der Waals surface area contributed by atoms with Gasteiger partial charge in [0.2, 0.25) is 0 Å². The summed E-state index contributed by atoms with van der Waals surface area (Å²) in [6.45, 7) is 24.0. The second kappa shape index (κ2) is 13.3. The molecule has 6 nitrogen and oxygen atoms in total. The largest absolute Gasteiger partial charge is 0.365 e. The molecule has 0 amide bonds. The maximum Gasteiger partial charge on any atom is 0.0993 e. The number of ether oxygens (including phenoxy) is 2. The van der Waals surface area contributed by atoms with Gasteiger partial charge in [-0.1, -0.05) is 12.8 Å². The van der Waals surface area contributed by atoms with Crippen molar-refractivity contribution in [2.75, 3.05) is 65.9 Å². The molecule has 0 saturated carbocycles. The van der Waals surface area contributed by atoms with Crippen LogP contribution in [0.25, 0.3) is 0 Å². The molecule has 0 unspecified atom stereocenters. The van der Waals surface area contributed by atoms with Crippen molar-refractivity contribution in [2.45, 2.75) is 116 Å². The standard InChI is InChI=1S/C28H56N4O2/c1-27(2,3)31-17-13-25-11-7-9-15-29(25)24-34-22-20-32(28(4,5)6)18-14-26-12-8-10-16-30(26)23-33-21-19-31/h25-26H,7-24H2,1-6H3/t25-,26+. The van der Waals surface area contributed by atoms with Gasteiger partial charge in [-0.05, 0) is 80.1 Å². The summed E-state index contributed by atoms with van der Waals surface area (Å²) < 4.78 is 12.6. The van der Waals surface area contributed by atoms with Crippen LogP contribution in [0.2, 0.25) is 0 Å². The average Bonchev–Trinajstić information content (AvgIpc) is 2.77. The van der Waals surface area contributed by atoms with Crippen LogP contribution in [0.3, 0.4) is 0 Å². The second-order valence-electron chi connectivity index (χ2n) is 12.9. The van der Waals surface area contributed by atoms with Gasteiger partial charge in [-0.25, -0.2) is 0 Å². The predicted octanol–water partition coefficient (Wildman–Crippen LogP) is 4.64. The highest BCUT2D eigenvalue weighted by Crippen LogP contribution is 2.24. The van der Waals surface area contributed by atoms with Crippen LogP contribution in [0.4, 0.5) is 0 Å². The summed E-state index contributed by atoms with van der Waals surface area (Å²) in [4.78, 5) is 10.5. The fourth-order valence-electron chi connectivity index (χ4n) is 6.00. The topological polar surface area (TPSA) is 31.4 Å². The molecule has 0 aromatic rings. The van der Waals surface area contributed by atoms with Gasteiger partial charge in [-0.15, -0.1) is 0 Å². The molecule has 3 saturated heterocycles. The fraction of sp³-hybridized carbons (Fsp3) is 1.00. The summed E-state index contributed by atoms with van der Waals surface area (Å²) in [6, 6.07) is 1.29. The van der Waals surface area contributed by atoms with E-state index >= 15 is 0 Å². The van der Waals surface area contributed by atoms with Gasteiger partial charge in [0.1, 0.15) is 0 Å². The van der Waals surface area contributed by atoms with Crippen molar-refractivity contribution < 1.29 is 9.47 Å². The Morgan fingerprint density at radius 1 is 0.500 bits per heavy atom. The number of rotatable bonds is 0. The lowest BCUT2D eigenvalue weighted by atomic mass is 9.98. The molecule has 3 fully saturated rings. The van der Waals surface area contributed by atoms with Crippen LogP contribution in [0.1, 0.15) is 92.9 Å². The average molecular weight is 481 g/mol. The smallest absolute Gasteiger partial charge is 0.0993 e. The van der Waals surface area contributed by atoms with Crippen LogP contribution in [-0.4, -0.2) is 109 Å². The van der Waals surface area contributed by atoms with Crippen molar-refractivity contribution in [1.82, 2.24) is 19.6 Å². The van der Waals surface area contributed by atoms with E-state index in [1.807, 2.05) is 0 Å². The Bertz CT molecular complexity index is 524. The van der Waals surface area contributed by atoms with E-state index in [4.69, 9.17) is 9.47 Å². The number of piperidine rings is 2. The zero-order valence-electron chi connectivity index (χ0n) is 23.5. The molecule has 3 aliphatic heterocycles. The molecule has 0 spiro atoms. The minimum atomic E-state index is 0.171. The van der Waals surface area contributed by atoms with Gasteiger partial charge in [-0.3, -0.25) is 19.6 Å². The highest BCUT2D eigenvalue weighted by atomic mass is 16.5. The molecule has 3 heterocycles. The van der Waals surface area contributed by atoms with Crippen LogP contribution in [0.15, 0.2) is 0 Å². The van der Waals surface area contributed by atoms with Crippen LogP contribution in [-0.2, 0) is 9.47 Å². The Morgan fingerprint density at radius 3 is 1.29 bits per heavy atom. The molecule has 0 N–H and O–H groups in total. The lowest BCUT2D eigenvalue weighted by Crippen LogP contribution is -2.49. The molecule has 34 heavy (non-hydrogen) atoms. The lowest BCUT2D eigenvalue weighted by molar-refractivity contribution is -0.0437. The van der Waals surface area contributed by atoms with E-state index in [9.17, 15) is 0 Å². The summed E-state index contributed by atoms with van der Waals surface area (Å²) in [6.07, 6.45) is 10.4. The van der Waals surface area contributed by atoms with Gasteiger partial charge < -0.3 is 9.47 Å². The van der Waals surface area contributed by atoms with E-state index in [1.54, 1.807) is 0 Å². The van der Waals surface area contributed by atoms with Crippen LogP contribution in [0.5, 0.6) is 0 Å². The Morgan fingerprint density at radius 2 is 0.912 bits per heavy atom. The van der Waals surface area contributed by atoms with Crippen LogP contribution >= 0.6 is 0 Å². The SMILES string of the molecule is CC(C)(C)N1CCOCN2CCCC[C@H]2CCN(C(C)(C)C)CCOCN2CCCC[C@@H]2CC1. The third-order valence-electron chi connectivity index (χ3n) is 8.39. The van der Waals surface area contributed by atoms with E-state index in [2.05, 4.69) is 61.1 Å². The summed E-state index contributed by atoms with van der Waals surface area (Å²) in [5.74, 6) is 0. The lowest BCUT2D eigenvalue weighted by Gasteiger charge is -2.41. The number of nitrogens with zero attached hydrogens (tertiary/aromatic N) is 4. The predicted molar refractivity (Wildman–Crippen MR) is 142 cm³/mol. The molecule has 2 atom stereocenters. The molecule has 3 aliphatic rings. The third-order valence-corrected chi connectivity index (χ3v) is 8.39. The Balaban J connectivity index is 1.67. The van der Waals surface area contributed by atoms with E-state index in [0.29, 0.717) is 12.1 Å². The zero-order valence-corrected chi connectivity index (χ0v) is 23.5. The minimum absolute atomic E-state index is 0.171. The molecule has 6 heteroatoms. The highest BCUT2D eigenvalue weighted by molar-refractivity contribution is 4.83. The van der Waals surface area contributed by atoms with Gasteiger partial charge in [0.15, 0.2) is 0 Å². The fourth-order valence-corrected chi connectivity index (χ4v) is 6.00. The van der Waals surface area contributed by atoms with Gasteiger partial charge in [0.25, 0.3) is 0 Å². The van der Waals surface area contributed by atoms with Crippen molar-refractivity contribution in [2.24, 2.45) is 0 Å². The van der Waals surface area contributed by atoms with E-state index < -0.39 is 0 Å². The molecule has 3 rings (SSSR count). The van der Waals surface area contributed by atoms with Gasteiger partial charge in [-0.2, -0.15) is 0 Å². The molecular weight excluding hydrogens is 424 g/mol. The normalized spacial score (nSPS) is 30.2. The Kier molecular flexibility index (Phi) is 11.1. The zero-order chi connectivity index (χ0) is 24.6. The Labute approximate surface area is 211 Å². The van der Waals surface area contributed by atoms with Crippen molar-refractivity contribution in [3.05, 3.63) is 0 Å². The molecule has 0 aliphatic carbocycles. The monoisotopic (exact) mass is 480 g/mol. The first-order valence-corrected chi connectivity index (χ1v) is 14.3. The Hall–Kier alpha value is -0.240. The second-order valence-corrected chi connectivity index (χ2v) is 12.9. The van der Waals surface area contributed by atoms with Crippen molar-refractivity contribution in [1.29, 1.82) is 0 Å². The van der Waals surface area contributed by atoms with E-state index in [1.165, 1.54) is 64.5 Å². The van der Waals surface area contributed by atoms with Crippen molar-refractivity contribution in [3.8, 4) is 0 Å². The van der Waals surface area contributed by atoms with Crippen molar-refractivity contribution in [3.63, 3.8) is 0 Å². The maximum atomic E-state index is 6.31. The quantitative estimate of drug-likeness (QED) is 0.502. The maximum absolute atomic E-state index is 6.31. The summed E-state index contributed by atoms with van der Waals surface area (Å²) >= 11 is 0. The molecule has 0 aromatic carbocycles. The molecule has 200 valence electrons. The van der Waals surface area contributed by atoms with Gasteiger partial charge in [0, 0.05) is 62.4 Å². The van der Waals surface area contributed by atoms with Crippen LogP contribution in [0, 0.1) is 0 Å². The number of fused-ring (bicyclic) bond motifs is 2. The number of hydrogen-bond donors (Lipinski definition) is 0. The van der Waals surface area contributed by atoms with Crippen LogP contribution < -0.4 is 0 Å². The van der Waals surface area contributed by atoms with Crippen molar-refractivity contribution >= 4 is 0 Å². The first kappa shape index (κ1) is 28.3. The third kappa shape index (κ3) is 9.01.